The maximum Gasteiger partial charge on any atom is 0.224 e. The summed E-state index contributed by atoms with van der Waals surface area (Å²) in [6.45, 7) is 6.91. The molecule has 0 spiro atoms. The lowest BCUT2D eigenvalue weighted by atomic mass is 9.93. The molecule has 1 aromatic heterocycles. The number of hydrogen-bond acceptors (Lipinski definition) is 3. The predicted octanol–water partition coefficient (Wildman–Crippen LogP) is 4.97. The molecule has 0 atom stereocenters. The fourth-order valence-electron chi connectivity index (χ4n) is 2.60. The molecular weight excluding hydrogens is 340 g/mol. The number of nitrogens with one attached hydrogen (secondary N) is 1. The van der Waals surface area contributed by atoms with Crippen LogP contribution >= 0.6 is 11.3 Å². The van der Waals surface area contributed by atoms with Crippen molar-refractivity contribution in [3.05, 3.63) is 76.2 Å². The monoisotopic (exact) mass is 364 g/mol. The molecule has 1 amide bonds. The van der Waals surface area contributed by atoms with E-state index in [9.17, 15) is 4.79 Å². The molecule has 0 unspecified atom stereocenters. The van der Waals surface area contributed by atoms with E-state index in [4.69, 9.17) is 0 Å². The van der Waals surface area contributed by atoms with Crippen LogP contribution < -0.4 is 5.32 Å². The van der Waals surface area contributed by atoms with Crippen molar-refractivity contribution in [2.45, 2.75) is 39.2 Å². The zero-order valence-corrected chi connectivity index (χ0v) is 16.3. The van der Waals surface area contributed by atoms with E-state index in [2.05, 4.69) is 60.7 Å². The van der Waals surface area contributed by atoms with Gasteiger partial charge in [0, 0.05) is 10.8 Å². The van der Waals surface area contributed by atoms with Gasteiger partial charge in [0.1, 0.15) is 5.01 Å². The third kappa shape index (κ3) is 4.79. The molecule has 4 heteroatoms. The average Bonchev–Trinajstić information content (AvgIpc) is 3.11. The van der Waals surface area contributed by atoms with Gasteiger partial charge < -0.3 is 5.32 Å². The summed E-state index contributed by atoms with van der Waals surface area (Å²) in [5.74, 6) is 0.0185. The van der Waals surface area contributed by atoms with Crippen LogP contribution in [0.25, 0.3) is 11.1 Å². The van der Waals surface area contributed by atoms with Crippen molar-refractivity contribution in [2.75, 3.05) is 0 Å². The van der Waals surface area contributed by atoms with E-state index in [0.717, 1.165) is 21.8 Å². The SMILES string of the molecule is CC(C)(C)c1csc(CNC(=O)Cc2ccc(-c3ccccc3)cc2)n1. The Balaban J connectivity index is 1.54. The Bertz CT molecular complexity index is 861. The molecular formula is C22H24N2OS. The van der Waals surface area contributed by atoms with Crippen LogP contribution in [-0.4, -0.2) is 10.9 Å². The van der Waals surface area contributed by atoms with Crippen molar-refractivity contribution in [1.29, 1.82) is 0 Å². The minimum atomic E-state index is 0.0185. The molecule has 134 valence electrons. The number of carbonyl (C=O) groups is 1. The molecule has 3 rings (SSSR count). The molecule has 0 fully saturated rings. The highest BCUT2D eigenvalue weighted by Gasteiger charge is 2.17. The summed E-state index contributed by atoms with van der Waals surface area (Å²) in [4.78, 5) is 16.8. The molecule has 26 heavy (non-hydrogen) atoms. The molecule has 0 saturated heterocycles. The zero-order chi connectivity index (χ0) is 18.6. The van der Waals surface area contributed by atoms with Crippen LogP contribution in [-0.2, 0) is 23.2 Å². The fourth-order valence-corrected chi connectivity index (χ4v) is 3.56. The minimum Gasteiger partial charge on any atom is -0.349 e. The third-order valence-electron chi connectivity index (χ3n) is 4.18. The van der Waals surface area contributed by atoms with Crippen LogP contribution in [0.15, 0.2) is 60.0 Å². The van der Waals surface area contributed by atoms with E-state index in [-0.39, 0.29) is 11.3 Å². The summed E-state index contributed by atoms with van der Waals surface area (Å²) in [7, 11) is 0. The first-order chi connectivity index (χ1) is 12.4. The number of hydrogen-bond donors (Lipinski definition) is 1. The quantitative estimate of drug-likeness (QED) is 0.695. The summed E-state index contributed by atoms with van der Waals surface area (Å²) in [5.41, 5.74) is 4.47. The molecule has 0 aliphatic rings. The van der Waals surface area contributed by atoms with E-state index in [0.29, 0.717) is 13.0 Å². The second-order valence-electron chi connectivity index (χ2n) is 7.39. The fraction of sp³-hybridized carbons (Fsp3) is 0.273. The van der Waals surface area contributed by atoms with Gasteiger partial charge in [0.2, 0.25) is 5.91 Å². The highest BCUT2D eigenvalue weighted by molar-refractivity contribution is 7.09. The van der Waals surface area contributed by atoms with Crippen molar-refractivity contribution in [2.24, 2.45) is 0 Å². The summed E-state index contributed by atoms with van der Waals surface area (Å²) < 4.78 is 0. The van der Waals surface area contributed by atoms with Crippen molar-refractivity contribution in [1.82, 2.24) is 10.3 Å². The number of rotatable bonds is 5. The first kappa shape index (κ1) is 18.3. The molecule has 0 bridgehead atoms. The molecule has 2 aromatic carbocycles. The van der Waals surface area contributed by atoms with Crippen LogP contribution in [0, 0.1) is 0 Å². The molecule has 0 aliphatic heterocycles. The van der Waals surface area contributed by atoms with Gasteiger partial charge in [0.25, 0.3) is 0 Å². The van der Waals surface area contributed by atoms with E-state index in [1.165, 1.54) is 5.56 Å². The maximum atomic E-state index is 12.2. The van der Waals surface area contributed by atoms with Crippen LogP contribution in [0.4, 0.5) is 0 Å². The minimum absolute atomic E-state index is 0.0185. The van der Waals surface area contributed by atoms with E-state index >= 15 is 0 Å². The Morgan fingerprint density at radius 1 is 1.00 bits per heavy atom. The molecule has 0 aliphatic carbocycles. The lowest BCUT2D eigenvalue weighted by molar-refractivity contribution is -0.120. The van der Waals surface area contributed by atoms with Gasteiger partial charge in [0.15, 0.2) is 0 Å². The number of aromatic nitrogens is 1. The van der Waals surface area contributed by atoms with Gasteiger partial charge in [-0.2, -0.15) is 0 Å². The van der Waals surface area contributed by atoms with Gasteiger partial charge in [-0.25, -0.2) is 4.98 Å². The highest BCUT2D eigenvalue weighted by atomic mass is 32.1. The molecule has 0 radical (unpaired) electrons. The van der Waals surface area contributed by atoms with E-state index in [1.54, 1.807) is 11.3 Å². The Kier molecular flexibility index (Phi) is 5.52. The first-order valence-electron chi connectivity index (χ1n) is 8.78. The number of thiazole rings is 1. The summed E-state index contributed by atoms with van der Waals surface area (Å²) in [6.07, 6.45) is 0.382. The second-order valence-corrected chi connectivity index (χ2v) is 8.34. The number of amides is 1. The Labute approximate surface area is 159 Å². The molecule has 1 N–H and O–H groups in total. The van der Waals surface area contributed by atoms with Crippen molar-refractivity contribution >= 4 is 17.2 Å². The summed E-state index contributed by atoms with van der Waals surface area (Å²) >= 11 is 1.60. The topological polar surface area (TPSA) is 42.0 Å². The van der Waals surface area contributed by atoms with Gasteiger partial charge in [-0.3, -0.25) is 4.79 Å². The number of nitrogens with zero attached hydrogens (tertiary/aromatic N) is 1. The molecule has 3 aromatic rings. The van der Waals surface area contributed by atoms with E-state index in [1.807, 2.05) is 30.3 Å². The maximum absolute atomic E-state index is 12.2. The molecule has 1 heterocycles. The largest absolute Gasteiger partial charge is 0.349 e. The lowest BCUT2D eigenvalue weighted by Crippen LogP contribution is -2.24. The van der Waals surface area contributed by atoms with Gasteiger partial charge in [-0.15, -0.1) is 11.3 Å². The molecule has 3 nitrogen and oxygen atoms in total. The van der Waals surface area contributed by atoms with E-state index < -0.39 is 0 Å². The summed E-state index contributed by atoms with van der Waals surface area (Å²) in [5, 5.41) is 5.99. The highest BCUT2D eigenvalue weighted by Crippen LogP contribution is 2.24. The normalized spacial score (nSPS) is 11.3. The smallest absolute Gasteiger partial charge is 0.224 e. The number of benzene rings is 2. The van der Waals surface area contributed by atoms with Gasteiger partial charge in [0.05, 0.1) is 18.7 Å². The van der Waals surface area contributed by atoms with Crippen molar-refractivity contribution < 1.29 is 4.79 Å². The Morgan fingerprint density at radius 2 is 1.65 bits per heavy atom. The van der Waals surface area contributed by atoms with Gasteiger partial charge >= 0.3 is 0 Å². The average molecular weight is 365 g/mol. The zero-order valence-electron chi connectivity index (χ0n) is 15.5. The Morgan fingerprint density at radius 3 is 2.27 bits per heavy atom. The van der Waals surface area contributed by atoms with Crippen LogP contribution in [0.1, 0.15) is 37.0 Å². The van der Waals surface area contributed by atoms with Gasteiger partial charge in [-0.05, 0) is 16.7 Å². The van der Waals surface area contributed by atoms with Crippen molar-refractivity contribution in [3.8, 4) is 11.1 Å². The predicted molar refractivity (Wildman–Crippen MR) is 108 cm³/mol. The standard InChI is InChI=1S/C22H24N2OS/c1-22(2,3)19-15-26-21(24-19)14-23-20(25)13-16-9-11-18(12-10-16)17-7-5-4-6-8-17/h4-12,15H,13-14H2,1-3H3,(H,23,25). The summed E-state index contributed by atoms with van der Waals surface area (Å²) in [6, 6.07) is 18.4. The van der Waals surface area contributed by atoms with Gasteiger partial charge in [-0.1, -0.05) is 75.4 Å². The Hall–Kier alpha value is -2.46. The van der Waals surface area contributed by atoms with Crippen LogP contribution in [0.2, 0.25) is 0 Å². The number of carbonyl (C=O) groups excluding carboxylic acids is 1. The van der Waals surface area contributed by atoms with Crippen LogP contribution in [0.3, 0.4) is 0 Å². The second kappa shape index (κ2) is 7.83. The first-order valence-corrected chi connectivity index (χ1v) is 9.66. The molecule has 0 saturated carbocycles. The third-order valence-corrected chi connectivity index (χ3v) is 5.03. The lowest BCUT2D eigenvalue weighted by Gasteiger charge is -2.14. The van der Waals surface area contributed by atoms with Crippen LogP contribution in [0.5, 0.6) is 0 Å². The van der Waals surface area contributed by atoms with Crippen molar-refractivity contribution in [3.63, 3.8) is 0 Å².